The Morgan fingerprint density at radius 2 is 1.71 bits per heavy atom. The average molecular weight is 533 g/mol. The van der Waals surface area contributed by atoms with Gasteiger partial charge < -0.3 is 19.7 Å². The van der Waals surface area contributed by atoms with E-state index in [1.54, 1.807) is 12.4 Å². The van der Waals surface area contributed by atoms with Crippen LogP contribution >= 0.6 is 24.0 Å². The van der Waals surface area contributed by atoms with Crippen molar-refractivity contribution in [2.75, 3.05) is 31.1 Å². The van der Waals surface area contributed by atoms with Crippen molar-refractivity contribution in [1.82, 2.24) is 34.9 Å². The first kappa shape index (κ1) is 22.9. The van der Waals surface area contributed by atoms with Crippen LogP contribution in [0.5, 0.6) is 0 Å². The van der Waals surface area contributed by atoms with E-state index in [2.05, 4.69) is 47.4 Å². The molecule has 0 aliphatic carbocycles. The first-order chi connectivity index (χ1) is 14.7. The van der Waals surface area contributed by atoms with Gasteiger partial charge in [0.25, 0.3) is 0 Å². The second kappa shape index (κ2) is 11.0. The van der Waals surface area contributed by atoms with Crippen LogP contribution in [0.15, 0.2) is 53.8 Å². The quantitative estimate of drug-likeness (QED) is 0.305. The lowest BCUT2D eigenvalue weighted by Crippen LogP contribution is -2.52. The topological polar surface area (TPSA) is 87.4 Å². The maximum atomic E-state index is 4.89. The third kappa shape index (κ3) is 5.90. The predicted molar refractivity (Wildman–Crippen MR) is 131 cm³/mol. The molecule has 3 aromatic rings. The SMILES string of the molecule is Cc1nnc(CNC(=NCc2ccccc2)N2CCN(c3ncccn3)CC2)n1C.I. The Kier molecular flexibility index (Phi) is 8.15. The molecule has 1 saturated heterocycles. The van der Waals surface area contributed by atoms with Crippen LogP contribution in [0.1, 0.15) is 17.2 Å². The number of aromatic nitrogens is 5. The van der Waals surface area contributed by atoms with Gasteiger partial charge in [-0.1, -0.05) is 30.3 Å². The number of piperazine rings is 1. The van der Waals surface area contributed by atoms with E-state index in [-0.39, 0.29) is 24.0 Å². The van der Waals surface area contributed by atoms with E-state index < -0.39 is 0 Å². The number of anilines is 1. The van der Waals surface area contributed by atoms with Gasteiger partial charge in [0.2, 0.25) is 5.95 Å². The number of hydrogen-bond donors (Lipinski definition) is 1. The molecule has 1 N–H and O–H groups in total. The van der Waals surface area contributed by atoms with Gasteiger partial charge in [-0.2, -0.15) is 0 Å². The van der Waals surface area contributed by atoms with E-state index in [1.165, 1.54) is 5.56 Å². The molecule has 0 radical (unpaired) electrons. The summed E-state index contributed by atoms with van der Waals surface area (Å²) in [4.78, 5) is 18.1. The van der Waals surface area contributed by atoms with Crippen molar-refractivity contribution in [3.05, 3.63) is 66.0 Å². The first-order valence-electron chi connectivity index (χ1n) is 10.1. The Hall–Kier alpha value is -2.76. The molecule has 0 atom stereocenters. The lowest BCUT2D eigenvalue weighted by atomic mass is 10.2. The number of halogens is 1. The van der Waals surface area contributed by atoms with Gasteiger partial charge in [0.15, 0.2) is 11.8 Å². The second-order valence-corrected chi connectivity index (χ2v) is 7.22. The molecule has 2 aromatic heterocycles. The zero-order chi connectivity index (χ0) is 20.8. The Balaban J connectivity index is 0.00000272. The smallest absolute Gasteiger partial charge is 0.225 e. The first-order valence-corrected chi connectivity index (χ1v) is 10.1. The number of aliphatic imine (C=N–C) groups is 1. The monoisotopic (exact) mass is 533 g/mol. The zero-order valence-electron chi connectivity index (χ0n) is 17.8. The number of nitrogens with zero attached hydrogens (tertiary/aromatic N) is 8. The molecule has 1 aromatic carbocycles. The van der Waals surface area contributed by atoms with Crippen LogP contribution in [0.25, 0.3) is 0 Å². The zero-order valence-corrected chi connectivity index (χ0v) is 20.2. The maximum absolute atomic E-state index is 4.89. The van der Waals surface area contributed by atoms with Crippen molar-refractivity contribution in [3.8, 4) is 0 Å². The standard InChI is InChI=1S/C21H27N9.HI/c1-17-26-27-19(28(17)2)16-25-21(24-15-18-7-4-3-5-8-18)30-13-11-29(12-14-30)20-22-9-6-10-23-20;/h3-10H,11-16H2,1-2H3,(H,24,25);1H. The second-order valence-electron chi connectivity index (χ2n) is 7.22. The number of benzene rings is 1. The van der Waals surface area contributed by atoms with E-state index >= 15 is 0 Å². The van der Waals surface area contributed by atoms with Crippen molar-refractivity contribution in [3.63, 3.8) is 0 Å². The molecule has 164 valence electrons. The predicted octanol–water partition coefficient (Wildman–Crippen LogP) is 2.00. The molecule has 0 unspecified atom stereocenters. The van der Waals surface area contributed by atoms with Gasteiger partial charge in [-0.15, -0.1) is 34.2 Å². The highest BCUT2D eigenvalue weighted by Gasteiger charge is 2.21. The van der Waals surface area contributed by atoms with Crippen molar-refractivity contribution < 1.29 is 0 Å². The lowest BCUT2D eigenvalue weighted by Gasteiger charge is -2.36. The third-order valence-corrected chi connectivity index (χ3v) is 5.26. The summed E-state index contributed by atoms with van der Waals surface area (Å²) in [6, 6.07) is 12.1. The van der Waals surface area contributed by atoms with Gasteiger partial charge in [0, 0.05) is 45.6 Å². The molecule has 0 spiro atoms. The van der Waals surface area contributed by atoms with Crippen molar-refractivity contribution in [1.29, 1.82) is 0 Å². The Bertz CT molecular complexity index is 967. The van der Waals surface area contributed by atoms with Crippen LogP contribution in [-0.2, 0) is 20.1 Å². The largest absolute Gasteiger partial charge is 0.349 e. The summed E-state index contributed by atoms with van der Waals surface area (Å²) >= 11 is 0. The van der Waals surface area contributed by atoms with E-state index in [4.69, 9.17) is 4.99 Å². The molecule has 31 heavy (non-hydrogen) atoms. The summed E-state index contributed by atoms with van der Waals surface area (Å²) in [5.74, 6) is 3.44. The van der Waals surface area contributed by atoms with E-state index in [0.717, 1.165) is 49.7 Å². The summed E-state index contributed by atoms with van der Waals surface area (Å²) < 4.78 is 1.99. The molecule has 0 saturated carbocycles. The molecule has 1 fully saturated rings. The average Bonchev–Trinajstić information content (AvgIpc) is 3.13. The summed E-state index contributed by atoms with van der Waals surface area (Å²) in [6.07, 6.45) is 3.57. The molecular formula is C21H28IN9. The highest BCUT2D eigenvalue weighted by Crippen LogP contribution is 2.11. The Labute approximate surface area is 199 Å². The van der Waals surface area contributed by atoms with Crippen LogP contribution < -0.4 is 10.2 Å². The fraction of sp³-hybridized carbons (Fsp3) is 0.381. The van der Waals surface area contributed by atoms with Gasteiger partial charge in [0.1, 0.15) is 5.82 Å². The van der Waals surface area contributed by atoms with Crippen LogP contribution in [0.3, 0.4) is 0 Å². The van der Waals surface area contributed by atoms with Gasteiger partial charge in [0.05, 0.1) is 13.1 Å². The highest BCUT2D eigenvalue weighted by atomic mass is 127. The lowest BCUT2D eigenvalue weighted by molar-refractivity contribution is 0.368. The minimum absolute atomic E-state index is 0. The normalized spacial score (nSPS) is 14.3. The molecule has 1 aliphatic rings. The minimum atomic E-state index is 0. The summed E-state index contributed by atoms with van der Waals surface area (Å²) in [7, 11) is 1.98. The number of aryl methyl sites for hydroxylation is 1. The third-order valence-electron chi connectivity index (χ3n) is 5.26. The molecule has 0 bridgehead atoms. The molecule has 9 nitrogen and oxygen atoms in total. The Morgan fingerprint density at radius 1 is 1.00 bits per heavy atom. The molecule has 0 amide bonds. The van der Waals surface area contributed by atoms with Crippen LogP contribution in [0, 0.1) is 6.92 Å². The van der Waals surface area contributed by atoms with E-state index in [0.29, 0.717) is 13.1 Å². The summed E-state index contributed by atoms with van der Waals surface area (Å²) in [5, 5.41) is 11.9. The molecule has 10 heteroatoms. The van der Waals surface area contributed by atoms with Gasteiger partial charge in [-0.25, -0.2) is 15.0 Å². The van der Waals surface area contributed by atoms with Gasteiger partial charge in [-0.05, 0) is 18.6 Å². The van der Waals surface area contributed by atoms with Crippen molar-refractivity contribution >= 4 is 35.9 Å². The molecule has 3 heterocycles. The van der Waals surface area contributed by atoms with Gasteiger partial charge >= 0.3 is 0 Å². The van der Waals surface area contributed by atoms with Crippen molar-refractivity contribution in [2.24, 2.45) is 12.0 Å². The van der Waals surface area contributed by atoms with Crippen LogP contribution in [-0.4, -0.2) is 61.8 Å². The highest BCUT2D eigenvalue weighted by molar-refractivity contribution is 14.0. The van der Waals surface area contributed by atoms with E-state index in [9.17, 15) is 0 Å². The van der Waals surface area contributed by atoms with Crippen LogP contribution in [0.4, 0.5) is 5.95 Å². The fourth-order valence-electron chi connectivity index (χ4n) is 3.35. The van der Waals surface area contributed by atoms with E-state index in [1.807, 2.05) is 42.8 Å². The van der Waals surface area contributed by atoms with Gasteiger partial charge in [-0.3, -0.25) is 0 Å². The Morgan fingerprint density at radius 3 is 2.35 bits per heavy atom. The maximum Gasteiger partial charge on any atom is 0.225 e. The molecular weight excluding hydrogens is 505 g/mol. The molecule has 1 aliphatic heterocycles. The van der Waals surface area contributed by atoms with Crippen molar-refractivity contribution in [2.45, 2.75) is 20.0 Å². The van der Waals surface area contributed by atoms with Crippen LogP contribution in [0.2, 0.25) is 0 Å². The molecule has 4 rings (SSSR count). The number of rotatable bonds is 5. The number of hydrogen-bond acceptors (Lipinski definition) is 6. The fourth-order valence-corrected chi connectivity index (χ4v) is 3.35. The minimum Gasteiger partial charge on any atom is -0.349 e. The summed E-state index contributed by atoms with van der Waals surface area (Å²) in [5.41, 5.74) is 1.18. The number of nitrogens with one attached hydrogen (secondary N) is 1. The summed E-state index contributed by atoms with van der Waals surface area (Å²) in [6.45, 7) is 6.54. The number of guanidine groups is 1.